The first-order valence-corrected chi connectivity index (χ1v) is 14.2. The van der Waals surface area contributed by atoms with Gasteiger partial charge in [-0.3, -0.25) is 0 Å². The predicted octanol–water partition coefficient (Wildman–Crippen LogP) is 6.36. The Morgan fingerprint density at radius 3 is 2.37 bits per heavy atom. The smallest absolute Gasteiger partial charge is 0.110 e. The zero-order valence-corrected chi connectivity index (χ0v) is 22.9. The van der Waals surface area contributed by atoms with E-state index in [4.69, 9.17) is 16.6 Å². The summed E-state index contributed by atoms with van der Waals surface area (Å²) in [6.45, 7) is 15.6. The summed E-state index contributed by atoms with van der Waals surface area (Å²) in [4.78, 5) is 7.76. The lowest BCUT2D eigenvalue weighted by Gasteiger charge is -2.35. The van der Waals surface area contributed by atoms with Gasteiger partial charge < -0.3 is 9.47 Å². The molecule has 190 valence electrons. The average molecular weight is 494 g/mol. The lowest BCUT2D eigenvalue weighted by molar-refractivity contribution is 0.144. The van der Waals surface area contributed by atoms with Crippen molar-refractivity contribution in [1.82, 2.24) is 14.5 Å². The monoisotopic (exact) mass is 493 g/mol. The minimum atomic E-state index is 0.699. The Kier molecular flexibility index (Phi) is 9.30. The molecule has 0 radical (unpaired) electrons. The molecule has 1 aliphatic carbocycles. The summed E-state index contributed by atoms with van der Waals surface area (Å²) in [5, 5.41) is 2.82. The van der Waals surface area contributed by atoms with E-state index in [0.717, 1.165) is 41.0 Å². The van der Waals surface area contributed by atoms with Crippen LogP contribution in [0.1, 0.15) is 83.5 Å². The molecule has 1 saturated heterocycles. The first kappa shape index (κ1) is 26.2. The van der Waals surface area contributed by atoms with E-state index < -0.39 is 0 Å². The fourth-order valence-corrected chi connectivity index (χ4v) is 5.93. The molecule has 0 amide bonds. The van der Waals surface area contributed by atoms with Gasteiger partial charge in [0.1, 0.15) is 5.82 Å². The molecule has 2 heterocycles. The summed E-state index contributed by atoms with van der Waals surface area (Å²) >= 11 is 6.16. The number of rotatable bonds is 8. The van der Waals surface area contributed by atoms with Crippen molar-refractivity contribution in [1.29, 1.82) is 0 Å². The van der Waals surface area contributed by atoms with E-state index >= 15 is 0 Å². The number of allylic oxidation sites excluding steroid dienone is 2. The Hall–Kier alpha value is -1.84. The quantitative estimate of drug-likeness (QED) is 0.426. The van der Waals surface area contributed by atoms with Crippen molar-refractivity contribution in [2.75, 3.05) is 19.6 Å². The Balaban J connectivity index is 1.52. The van der Waals surface area contributed by atoms with Crippen LogP contribution < -0.4 is 10.7 Å². The second kappa shape index (κ2) is 12.4. The molecule has 1 saturated carbocycles. The maximum absolute atomic E-state index is 6.16. The molecule has 1 aliphatic heterocycles. The fraction of sp³-hybridized carbons (Fsp3) is 0.581. The minimum absolute atomic E-state index is 0.699. The largest absolute Gasteiger partial charge is 0.323 e. The number of imidazole rings is 1. The molecule has 3 nitrogen and oxygen atoms in total. The topological polar surface area (TPSA) is 21.1 Å². The van der Waals surface area contributed by atoms with Gasteiger partial charge in [0.2, 0.25) is 0 Å². The number of benzene rings is 1. The first-order valence-electron chi connectivity index (χ1n) is 13.8. The van der Waals surface area contributed by atoms with Crippen LogP contribution in [0.2, 0.25) is 5.02 Å². The van der Waals surface area contributed by atoms with Crippen molar-refractivity contribution in [2.24, 2.45) is 11.8 Å². The molecular formula is C31H44ClN3. The molecule has 2 aliphatic rings. The molecule has 2 aromatic rings. The number of nitrogens with zero attached hydrogens (tertiary/aromatic N) is 3. The van der Waals surface area contributed by atoms with Gasteiger partial charge in [0.25, 0.3) is 0 Å². The molecule has 0 bridgehead atoms. The molecule has 1 aromatic heterocycles. The van der Waals surface area contributed by atoms with E-state index in [-0.39, 0.29) is 0 Å². The highest BCUT2D eigenvalue weighted by molar-refractivity contribution is 6.30. The van der Waals surface area contributed by atoms with Gasteiger partial charge in [-0.15, -0.1) is 0 Å². The van der Waals surface area contributed by atoms with Crippen molar-refractivity contribution in [3.63, 3.8) is 0 Å². The molecule has 0 spiro atoms. The maximum Gasteiger partial charge on any atom is 0.110 e. The van der Waals surface area contributed by atoms with Gasteiger partial charge in [-0.05, 0) is 94.6 Å². The Morgan fingerprint density at radius 2 is 1.71 bits per heavy atom. The number of aromatic nitrogens is 2. The highest BCUT2D eigenvalue weighted by atomic mass is 35.5. The maximum atomic E-state index is 6.16. The first-order chi connectivity index (χ1) is 16.9. The summed E-state index contributed by atoms with van der Waals surface area (Å²) in [5.41, 5.74) is 3.98. The Labute approximate surface area is 217 Å². The second-order valence-electron chi connectivity index (χ2n) is 11.0. The summed E-state index contributed by atoms with van der Waals surface area (Å²) in [7, 11) is 0. The third-order valence-corrected chi connectivity index (χ3v) is 8.64. The van der Waals surface area contributed by atoms with E-state index in [1.54, 1.807) is 0 Å². The van der Waals surface area contributed by atoms with Gasteiger partial charge in [-0.1, -0.05) is 67.6 Å². The molecule has 4 heteroatoms. The average Bonchev–Trinajstić information content (AvgIpc) is 3.15. The zero-order valence-electron chi connectivity index (χ0n) is 22.2. The van der Waals surface area contributed by atoms with Crippen LogP contribution in [0.15, 0.2) is 35.4 Å². The third kappa shape index (κ3) is 7.11. The minimum Gasteiger partial charge on any atom is -0.323 e. The van der Waals surface area contributed by atoms with E-state index in [1.807, 2.05) is 12.1 Å². The van der Waals surface area contributed by atoms with E-state index in [0.29, 0.717) is 5.92 Å². The van der Waals surface area contributed by atoms with Crippen LogP contribution in [0.5, 0.6) is 0 Å². The highest BCUT2D eigenvalue weighted by Gasteiger charge is 2.24. The summed E-state index contributed by atoms with van der Waals surface area (Å²) < 4.78 is 2.41. The van der Waals surface area contributed by atoms with Crippen molar-refractivity contribution in [3.8, 4) is 0 Å². The van der Waals surface area contributed by atoms with Crippen molar-refractivity contribution in [3.05, 3.63) is 62.5 Å². The molecule has 2 fully saturated rings. The van der Waals surface area contributed by atoms with Gasteiger partial charge in [-0.2, -0.15) is 0 Å². The SMILES string of the molecule is C=c1nc(CC2CCN(CC3CCCCC3)CC2)n(Cc2ccc(Cl)cc2)c1=CC(C)=C(C)CC. The number of halogens is 1. The highest BCUT2D eigenvalue weighted by Crippen LogP contribution is 2.27. The van der Waals surface area contributed by atoms with Gasteiger partial charge in [0.15, 0.2) is 0 Å². The zero-order chi connectivity index (χ0) is 24.8. The van der Waals surface area contributed by atoms with E-state index in [2.05, 4.69) is 55.0 Å². The normalized spacial score (nSPS) is 19.8. The van der Waals surface area contributed by atoms with Crippen molar-refractivity contribution < 1.29 is 0 Å². The Bertz CT molecular complexity index is 1100. The number of likely N-dealkylation sites (tertiary alicyclic amines) is 1. The summed E-state index contributed by atoms with van der Waals surface area (Å²) in [5.74, 6) is 2.82. The van der Waals surface area contributed by atoms with Crippen LogP contribution in [-0.2, 0) is 13.0 Å². The second-order valence-corrected chi connectivity index (χ2v) is 11.4. The molecule has 0 atom stereocenters. The molecule has 0 unspecified atom stereocenters. The lowest BCUT2D eigenvalue weighted by atomic mass is 9.87. The lowest BCUT2D eigenvalue weighted by Crippen LogP contribution is -2.38. The number of hydrogen-bond donors (Lipinski definition) is 0. The van der Waals surface area contributed by atoms with Crippen molar-refractivity contribution in [2.45, 2.75) is 85.1 Å². The third-order valence-electron chi connectivity index (χ3n) is 8.39. The fourth-order valence-electron chi connectivity index (χ4n) is 5.81. The molecule has 35 heavy (non-hydrogen) atoms. The van der Waals surface area contributed by atoms with Crippen LogP contribution >= 0.6 is 11.6 Å². The van der Waals surface area contributed by atoms with Crippen LogP contribution in [0.3, 0.4) is 0 Å². The van der Waals surface area contributed by atoms with Gasteiger partial charge >= 0.3 is 0 Å². The van der Waals surface area contributed by atoms with E-state index in [9.17, 15) is 0 Å². The predicted molar refractivity (Wildman–Crippen MR) is 150 cm³/mol. The van der Waals surface area contributed by atoms with Gasteiger partial charge in [0.05, 0.1) is 10.7 Å². The van der Waals surface area contributed by atoms with Crippen LogP contribution in [-0.4, -0.2) is 34.1 Å². The molecule has 0 N–H and O–H groups in total. The van der Waals surface area contributed by atoms with Crippen molar-refractivity contribution >= 4 is 24.3 Å². The van der Waals surface area contributed by atoms with Crippen LogP contribution in [0, 0.1) is 11.8 Å². The number of hydrogen-bond acceptors (Lipinski definition) is 2. The standard InChI is InChI=1S/C31H44ClN3/c1-5-23(2)24(3)19-30-25(4)33-31(35(30)22-28-11-13-29(32)14-12-28)20-26-15-17-34(18-16-26)21-27-9-7-6-8-10-27/h11-14,19,26-27H,4-10,15-18,20-22H2,1-3H3. The number of piperidine rings is 1. The van der Waals surface area contributed by atoms with E-state index in [1.165, 1.54) is 87.1 Å². The molecule has 4 rings (SSSR count). The Morgan fingerprint density at radius 1 is 1.03 bits per heavy atom. The molecular weight excluding hydrogens is 450 g/mol. The summed E-state index contributed by atoms with van der Waals surface area (Å²) in [6.07, 6.45) is 14.2. The summed E-state index contributed by atoms with van der Waals surface area (Å²) in [6, 6.07) is 8.22. The van der Waals surface area contributed by atoms with Crippen LogP contribution in [0.4, 0.5) is 0 Å². The van der Waals surface area contributed by atoms with Crippen LogP contribution in [0.25, 0.3) is 12.7 Å². The van der Waals surface area contributed by atoms with Gasteiger partial charge in [0, 0.05) is 24.5 Å². The molecule has 1 aromatic carbocycles. The van der Waals surface area contributed by atoms with Gasteiger partial charge in [-0.25, -0.2) is 4.98 Å².